The number of morpholine rings is 1. The molecule has 41 heavy (non-hydrogen) atoms. The summed E-state index contributed by atoms with van der Waals surface area (Å²) in [5.74, 6) is -6.77. The summed E-state index contributed by atoms with van der Waals surface area (Å²) in [7, 11) is 0. The van der Waals surface area contributed by atoms with Crippen LogP contribution in [0.3, 0.4) is 0 Å². The molecular weight excluding hydrogens is 680 g/mol. The van der Waals surface area contributed by atoms with E-state index in [0.29, 0.717) is 28.9 Å². The molecule has 1 amide bonds. The van der Waals surface area contributed by atoms with Gasteiger partial charge in [0.25, 0.3) is 5.79 Å². The number of benzene rings is 2. The van der Waals surface area contributed by atoms with Crippen LogP contribution in [0.1, 0.15) is 31.8 Å². The maximum atomic E-state index is 14.0. The number of rotatable bonds is 4. The van der Waals surface area contributed by atoms with Crippen LogP contribution < -0.4 is 10.2 Å². The van der Waals surface area contributed by atoms with E-state index in [0.717, 1.165) is 28.1 Å². The van der Waals surface area contributed by atoms with Crippen molar-refractivity contribution >= 4 is 72.2 Å². The molecule has 4 aliphatic rings. The van der Waals surface area contributed by atoms with Gasteiger partial charge in [-0.2, -0.15) is 0 Å². The van der Waals surface area contributed by atoms with Crippen molar-refractivity contribution in [2.24, 2.45) is 11.8 Å². The fourth-order valence-corrected chi connectivity index (χ4v) is 8.15. The Morgan fingerprint density at radius 2 is 1.80 bits per heavy atom. The lowest BCUT2D eigenvalue weighted by molar-refractivity contribution is -0.251. The van der Waals surface area contributed by atoms with Crippen LogP contribution in [-0.2, 0) is 29.6 Å². The average Bonchev–Trinajstić information content (AvgIpc) is 3.64. The van der Waals surface area contributed by atoms with E-state index in [-0.39, 0.29) is 10.4 Å². The smallest absolute Gasteiger partial charge is 0.316 e. The van der Waals surface area contributed by atoms with Crippen molar-refractivity contribution in [3.05, 3.63) is 78.4 Å². The number of ether oxygens (including phenoxy) is 3. The number of thiophene rings is 1. The number of Topliss-reactive ketones (excluding diaryl/α,β-unsaturated/α-hetero) is 1. The van der Waals surface area contributed by atoms with Crippen molar-refractivity contribution in [3.63, 3.8) is 0 Å². The van der Waals surface area contributed by atoms with Gasteiger partial charge >= 0.3 is 5.97 Å². The van der Waals surface area contributed by atoms with Crippen molar-refractivity contribution in [2.45, 2.75) is 24.4 Å². The van der Waals surface area contributed by atoms with Crippen LogP contribution >= 0.6 is 43.2 Å². The first-order valence-electron chi connectivity index (χ1n) is 13.1. The van der Waals surface area contributed by atoms with E-state index in [4.69, 9.17) is 14.2 Å². The number of anilines is 2. The van der Waals surface area contributed by atoms with Crippen LogP contribution in [-0.4, -0.2) is 54.7 Å². The zero-order valence-corrected chi connectivity index (χ0v) is 25.7. The summed E-state index contributed by atoms with van der Waals surface area (Å²) in [6, 6.07) is 14.4. The summed E-state index contributed by atoms with van der Waals surface area (Å²) in [5.41, 5.74) is 0.280. The Bertz CT molecular complexity index is 1600. The fraction of sp³-hybridized carbons (Fsp3) is 0.345. The van der Waals surface area contributed by atoms with Crippen LogP contribution in [0.4, 0.5) is 11.4 Å². The second-order valence-electron chi connectivity index (χ2n) is 10.6. The highest BCUT2D eigenvalue weighted by atomic mass is 79.9. The molecule has 3 unspecified atom stereocenters. The Kier molecular flexibility index (Phi) is 6.45. The third-order valence-corrected chi connectivity index (χ3v) is 11.3. The van der Waals surface area contributed by atoms with Gasteiger partial charge in [-0.05, 0) is 86.8 Å². The van der Waals surface area contributed by atoms with Crippen LogP contribution in [0.2, 0.25) is 0 Å². The second kappa shape index (κ2) is 9.72. The summed E-state index contributed by atoms with van der Waals surface area (Å²) in [6.45, 7) is 4.68. The molecule has 0 saturated carbocycles. The molecule has 2 N–H and O–H groups in total. The molecule has 3 aromatic rings. The van der Waals surface area contributed by atoms with Gasteiger partial charge < -0.3 is 29.5 Å². The largest absolute Gasteiger partial charge is 0.424 e. The average molecular weight is 704 g/mol. The number of amides is 1. The molecule has 5 atom stereocenters. The van der Waals surface area contributed by atoms with E-state index in [1.54, 1.807) is 43.3 Å². The number of fused-ring (bicyclic) bond motifs is 2. The molecule has 1 aromatic heterocycles. The van der Waals surface area contributed by atoms with E-state index in [1.165, 1.54) is 11.3 Å². The molecule has 4 heterocycles. The zero-order chi connectivity index (χ0) is 28.7. The van der Waals surface area contributed by atoms with Gasteiger partial charge in [0.1, 0.15) is 5.92 Å². The quantitative estimate of drug-likeness (QED) is 0.376. The summed E-state index contributed by atoms with van der Waals surface area (Å²) in [6.07, 6.45) is -1.02. The number of aryl methyl sites for hydroxylation is 1. The number of carbonyl (C=O) groups is 3. The Morgan fingerprint density at radius 1 is 1.07 bits per heavy atom. The maximum absolute atomic E-state index is 14.0. The SMILES string of the molecule is Cc1cc2c(s1)C1(O)OC(=O)[C@@H]3C(C(=O)Nc4ccc(N5CCOCC5)cc4)[C@H](c4ccc(Br)c(Br)c4)OC31C2=O. The lowest BCUT2D eigenvalue weighted by Gasteiger charge is -2.31. The van der Waals surface area contributed by atoms with E-state index in [9.17, 15) is 19.5 Å². The highest BCUT2D eigenvalue weighted by Crippen LogP contribution is 2.66. The minimum Gasteiger partial charge on any atom is -0.424 e. The Balaban J connectivity index is 1.27. The molecule has 3 saturated heterocycles. The van der Waals surface area contributed by atoms with E-state index >= 15 is 0 Å². The first-order chi connectivity index (χ1) is 19.6. The van der Waals surface area contributed by atoms with Crippen molar-refractivity contribution in [1.29, 1.82) is 0 Å². The number of nitrogens with zero attached hydrogens (tertiary/aromatic N) is 1. The van der Waals surface area contributed by atoms with Gasteiger partial charge in [0, 0.05) is 43.9 Å². The fourth-order valence-electron chi connectivity index (χ4n) is 6.42. The van der Waals surface area contributed by atoms with Gasteiger partial charge in [0.2, 0.25) is 17.3 Å². The summed E-state index contributed by atoms with van der Waals surface area (Å²) in [5, 5.41) is 14.8. The van der Waals surface area contributed by atoms with E-state index < -0.39 is 47.0 Å². The van der Waals surface area contributed by atoms with Gasteiger partial charge in [-0.3, -0.25) is 14.4 Å². The van der Waals surface area contributed by atoms with Gasteiger partial charge in [0.05, 0.1) is 30.1 Å². The molecule has 7 rings (SSSR count). The third-order valence-electron chi connectivity index (χ3n) is 8.27. The summed E-state index contributed by atoms with van der Waals surface area (Å²) in [4.78, 5) is 44.7. The van der Waals surface area contributed by atoms with Crippen molar-refractivity contribution in [2.75, 3.05) is 36.5 Å². The first kappa shape index (κ1) is 27.2. The van der Waals surface area contributed by atoms with Crippen LogP contribution in [0.25, 0.3) is 0 Å². The van der Waals surface area contributed by atoms with Gasteiger partial charge in [0.15, 0.2) is 0 Å². The van der Waals surface area contributed by atoms with E-state index in [1.807, 2.05) is 12.1 Å². The van der Waals surface area contributed by atoms with Crippen LogP contribution in [0.15, 0.2) is 57.5 Å². The summed E-state index contributed by atoms with van der Waals surface area (Å²) >= 11 is 8.13. The highest BCUT2D eigenvalue weighted by molar-refractivity contribution is 9.13. The second-order valence-corrected chi connectivity index (χ2v) is 13.5. The van der Waals surface area contributed by atoms with Crippen LogP contribution in [0, 0.1) is 18.8 Å². The Morgan fingerprint density at radius 3 is 2.51 bits per heavy atom. The topological polar surface area (TPSA) is 114 Å². The molecular formula is C29H24Br2N2O7S. The minimum atomic E-state index is -2.32. The Hall–Kier alpha value is -2.61. The lowest BCUT2D eigenvalue weighted by Crippen LogP contribution is -2.53. The molecule has 2 aromatic carbocycles. The lowest BCUT2D eigenvalue weighted by atomic mass is 9.75. The molecule has 12 heteroatoms. The number of nitrogens with one attached hydrogen (secondary N) is 1. The number of ketones is 1. The van der Waals surface area contributed by atoms with Gasteiger partial charge in [-0.1, -0.05) is 6.07 Å². The number of aliphatic hydroxyl groups is 1. The van der Waals surface area contributed by atoms with Crippen molar-refractivity contribution < 1.29 is 33.7 Å². The van der Waals surface area contributed by atoms with Crippen molar-refractivity contribution in [3.8, 4) is 0 Å². The molecule has 0 radical (unpaired) electrons. The third kappa shape index (κ3) is 3.91. The number of carbonyl (C=O) groups excluding carboxylic acids is 3. The monoisotopic (exact) mass is 702 g/mol. The molecule has 1 spiro atoms. The van der Waals surface area contributed by atoms with E-state index in [2.05, 4.69) is 42.1 Å². The molecule has 9 nitrogen and oxygen atoms in total. The predicted molar refractivity (Wildman–Crippen MR) is 157 cm³/mol. The number of halogens is 2. The first-order valence-corrected chi connectivity index (χ1v) is 15.5. The molecule has 3 fully saturated rings. The molecule has 212 valence electrons. The number of hydrogen-bond donors (Lipinski definition) is 2. The number of hydrogen-bond acceptors (Lipinski definition) is 9. The summed E-state index contributed by atoms with van der Waals surface area (Å²) < 4.78 is 18.9. The normalized spacial score (nSPS) is 30.1. The maximum Gasteiger partial charge on any atom is 0.316 e. The van der Waals surface area contributed by atoms with Gasteiger partial charge in [-0.15, -0.1) is 11.3 Å². The molecule has 1 aliphatic carbocycles. The van der Waals surface area contributed by atoms with Gasteiger partial charge in [-0.25, -0.2) is 0 Å². The Labute approximate surface area is 256 Å². The highest BCUT2D eigenvalue weighted by Gasteiger charge is 2.83. The predicted octanol–water partition coefficient (Wildman–Crippen LogP) is 4.70. The molecule has 0 bridgehead atoms. The minimum absolute atomic E-state index is 0.228. The molecule has 3 aliphatic heterocycles. The standard InChI is InChI=1S/C29H24Br2N2O7S/c1-14-12-18-24(34)28-22(27(36)40-29(28,37)25(18)41-14)21(23(39-28)15-2-7-19(30)20(31)13-15)26(35)32-16-3-5-17(6-4-16)33-8-10-38-11-9-33/h2-7,12-13,21-23,37H,8-11H2,1H3,(H,32,35)/t21?,22-,23-,28?,29?/m0/s1. The van der Waals surface area contributed by atoms with Crippen molar-refractivity contribution in [1.82, 2.24) is 0 Å². The van der Waals surface area contributed by atoms with Crippen LogP contribution in [0.5, 0.6) is 0 Å². The zero-order valence-electron chi connectivity index (χ0n) is 21.7. The number of esters is 1.